The molecule has 1 heterocycles. The lowest BCUT2D eigenvalue weighted by atomic mass is 10.2. The second-order valence-corrected chi connectivity index (χ2v) is 3.63. The number of ether oxygens (including phenoxy) is 2. The van der Waals surface area contributed by atoms with Crippen molar-refractivity contribution in [2.75, 3.05) is 26.4 Å². The highest BCUT2D eigenvalue weighted by Gasteiger charge is 2.28. The molecule has 0 amide bonds. The van der Waals surface area contributed by atoms with Gasteiger partial charge in [-0.1, -0.05) is 6.92 Å². The lowest BCUT2D eigenvalue weighted by Crippen LogP contribution is -2.33. The Kier molecular flexibility index (Phi) is 5.60. The first kappa shape index (κ1) is 12.4. The molecule has 5 heteroatoms. The van der Waals surface area contributed by atoms with Gasteiger partial charge in [-0.05, 0) is 6.42 Å². The van der Waals surface area contributed by atoms with Crippen molar-refractivity contribution in [2.24, 2.45) is 0 Å². The van der Waals surface area contributed by atoms with Gasteiger partial charge in [-0.3, -0.25) is 4.79 Å². The molecule has 0 aliphatic carbocycles. The van der Waals surface area contributed by atoms with Gasteiger partial charge in [-0.2, -0.15) is 0 Å². The maximum absolute atomic E-state index is 11.4. The van der Waals surface area contributed by atoms with Crippen molar-refractivity contribution < 1.29 is 19.4 Å². The number of aliphatic hydroxyl groups excluding tert-OH is 1. The molecule has 0 aromatic rings. The molecule has 0 aromatic heterocycles. The number of aliphatic hydroxyl groups is 1. The summed E-state index contributed by atoms with van der Waals surface area (Å²) in [5.74, 6) is -0.299. The smallest absolute Gasteiger partial charge is 0.323 e. The number of rotatable bonds is 6. The Bertz CT molecular complexity index is 198. The number of nitrogens with one attached hydrogen (secondary N) is 1. The zero-order valence-corrected chi connectivity index (χ0v) is 9.07. The standard InChI is InChI=1S/C10H19NO4/c1-2-3-14-4-5-15-10(13)9-6-8(12)7-11-9/h8-9,11-12H,2-7H2,1H3/t8?,9-/m0/s1. The van der Waals surface area contributed by atoms with Crippen molar-refractivity contribution >= 4 is 5.97 Å². The van der Waals surface area contributed by atoms with Crippen LogP contribution in [0.5, 0.6) is 0 Å². The Morgan fingerprint density at radius 2 is 2.27 bits per heavy atom. The van der Waals surface area contributed by atoms with Crippen molar-refractivity contribution in [3.8, 4) is 0 Å². The van der Waals surface area contributed by atoms with Gasteiger partial charge in [0.05, 0.1) is 12.7 Å². The topological polar surface area (TPSA) is 67.8 Å². The second kappa shape index (κ2) is 6.76. The van der Waals surface area contributed by atoms with E-state index in [1.54, 1.807) is 0 Å². The molecule has 1 aliphatic heterocycles. The lowest BCUT2D eigenvalue weighted by Gasteiger charge is -2.10. The Morgan fingerprint density at radius 1 is 1.47 bits per heavy atom. The van der Waals surface area contributed by atoms with Gasteiger partial charge in [0.2, 0.25) is 0 Å². The molecular weight excluding hydrogens is 198 g/mol. The molecule has 0 saturated carbocycles. The average molecular weight is 217 g/mol. The number of carbonyl (C=O) groups is 1. The van der Waals surface area contributed by atoms with Gasteiger partial charge in [0.1, 0.15) is 12.6 Å². The molecule has 5 nitrogen and oxygen atoms in total. The van der Waals surface area contributed by atoms with Crippen LogP contribution in [-0.4, -0.2) is 49.6 Å². The molecule has 15 heavy (non-hydrogen) atoms. The maximum Gasteiger partial charge on any atom is 0.323 e. The van der Waals surface area contributed by atoms with Crippen LogP contribution in [0.1, 0.15) is 19.8 Å². The SMILES string of the molecule is CCCOCCOC(=O)[C@@H]1CC(O)CN1. The van der Waals surface area contributed by atoms with Gasteiger partial charge >= 0.3 is 5.97 Å². The van der Waals surface area contributed by atoms with Crippen LogP contribution in [0.2, 0.25) is 0 Å². The van der Waals surface area contributed by atoms with E-state index in [9.17, 15) is 9.90 Å². The van der Waals surface area contributed by atoms with Gasteiger partial charge in [0.15, 0.2) is 0 Å². The fraction of sp³-hybridized carbons (Fsp3) is 0.900. The minimum atomic E-state index is -0.432. The van der Waals surface area contributed by atoms with Crippen LogP contribution >= 0.6 is 0 Å². The summed E-state index contributed by atoms with van der Waals surface area (Å²) in [4.78, 5) is 11.4. The minimum Gasteiger partial charge on any atom is -0.462 e. The van der Waals surface area contributed by atoms with E-state index in [4.69, 9.17) is 9.47 Å². The molecular formula is C10H19NO4. The van der Waals surface area contributed by atoms with E-state index in [-0.39, 0.29) is 18.6 Å². The highest BCUT2D eigenvalue weighted by molar-refractivity contribution is 5.76. The average Bonchev–Trinajstić information content (AvgIpc) is 2.64. The molecule has 1 rings (SSSR count). The molecule has 2 N–H and O–H groups in total. The molecule has 1 aliphatic rings. The summed E-state index contributed by atoms with van der Waals surface area (Å²) in [6.45, 7) is 3.90. The summed E-state index contributed by atoms with van der Waals surface area (Å²) < 4.78 is 10.2. The maximum atomic E-state index is 11.4. The van der Waals surface area contributed by atoms with Crippen molar-refractivity contribution in [3.63, 3.8) is 0 Å². The van der Waals surface area contributed by atoms with Crippen molar-refractivity contribution in [3.05, 3.63) is 0 Å². The van der Waals surface area contributed by atoms with Crippen LogP contribution < -0.4 is 5.32 Å². The third kappa shape index (κ3) is 4.59. The number of esters is 1. The van der Waals surface area contributed by atoms with Crippen molar-refractivity contribution in [1.29, 1.82) is 0 Å². The largest absolute Gasteiger partial charge is 0.462 e. The second-order valence-electron chi connectivity index (χ2n) is 3.63. The number of hydrogen-bond acceptors (Lipinski definition) is 5. The van der Waals surface area contributed by atoms with E-state index < -0.39 is 6.10 Å². The highest BCUT2D eigenvalue weighted by Crippen LogP contribution is 2.07. The Hall–Kier alpha value is -0.650. The van der Waals surface area contributed by atoms with Gasteiger partial charge in [0, 0.05) is 19.6 Å². The van der Waals surface area contributed by atoms with Crippen LogP contribution in [0.15, 0.2) is 0 Å². The van der Waals surface area contributed by atoms with Gasteiger partial charge < -0.3 is 19.9 Å². The van der Waals surface area contributed by atoms with Crippen LogP contribution in [0.25, 0.3) is 0 Å². The van der Waals surface area contributed by atoms with Crippen molar-refractivity contribution in [2.45, 2.75) is 31.9 Å². The first-order chi connectivity index (χ1) is 7.24. The van der Waals surface area contributed by atoms with E-state index in [1.807, 2.05) is 6.92 Å². The molecule has 2 atom stereocenters. The van der Waals surface area contributed by atoms with Crippen LogP contribution in [0.4, 0.5) is 0 Å². The predicted molar refractivity (Wildman–Crippen MR) is 54.5 cm³/mol. The van der Waals surface area contributed by atoms with E-state index >= 15 is 0 Å². The third-order valence-corrected chi connectivity index (χ3v) is 2.21. The van der Waals surface area contributed by atoms with Gasteiger partial charge in [0.25, 0.3) is 0 Å². The highest BCUT2D eigenvalue weighted by atomic mass is 16.6. The monoisotopic (exact) mass is 217 g/mol. The fourth-order valence-electron chi connectivity index (χ4n) is 1.44. The number of carbonyl (C=O) groups excluding carboxylic acids is 1. The van der Waals surface area contributed by atoms with E-state index in [1.165, 1.54) is 0 Å². The molecule has 88 valence electrons. The summed E-state index contributed by atoms with van der Waals surface area (Å²) in [6, 6.07) is -0.355. The normalized spacial score (nSPS) is 25.5. The molecule has 0 radical (unpaired) electrons. The van der Waals surface area contributed by atoms with Gasteiger partial charge in [-0.15, -0.1) is 0 Å². The molecule has 0 aromatic carbocycles. The summed E-state index contributed by atoms with van der Waals surface area (Å²) in [5, 5.41) is 12.1. The third-order valence-electron chi connectivity index (χ3n) is 2.21. The number of hydrogen-bond donors (Lipinski definition) is 2. The molecule has 1 saturated heterocycles. The predicted octanol–water partition coefficient (Wildman–Crippen LogP) is -0.321. The summed E-state index contributed by atoms with van der Waals surface area (Å²) in [5.41, 5.74) is 0. The molecule has 1 fully saturated rings. The van der Waals surface area contributed by atoms with E-state index in [0.29, 0.717) is 26.2 Å². The summed E-state index contributed by atoms with van der Waals surface area (Å²) in [7, 11) is 0. The van der Waals surface area contributed by atoms with Crippen molar-refractivity contribution in [1.82, 2.24) is 5.32 Å². The first-order valence-electron chi connectivity index (χ1n) is 5.40. The molecule has 0 bridgehead atoms. The summed E-state index contributed by atoms with van der Waals surface area (Å²) in [6.07, 6.45) is 0.970. The van der Waals surface area contributed by atoms with Crippen LogP contribution in [0.3, 0.4) is 0 Å². The Balaban J connectivity index is 2.03. The quantitative estimate of drug-likeness (QED) is 0.471. The minimum absolute atomic E-state index is 0.285. The number of β-amino-alcohol motifs (C(OH)–C–C–N with tert-alkyl or cyclic N) is 1. The summed E-state index contributed by atoms with van der Waals surface area (Å²) >= 11 is 0. The fourth-order valence-corrected chi connectivity index (χ4v) is 1.44. The van der Waals surface area contributed by atoms with E-state index in [0.717, 1.165) is 6.42 Å². The lowest BCUT2D eigenvalue weighted by molar-refractivity contribution is -0.147. The van der Waals surface area contributed by atoms with Crippen LogP contribution in [-0.2, 0) is 14.3 Å². The van der Waals surface area contributed by atoms with E-state index in [2.05, 4.69) is 5.32 Å². The van der Waals surface area contributed by atoms with Crippen LogP contribution in [0, 0.1) is 0 Å². The first-order valence-corrected chi connectivity index (χ1v) is 5.40. The Labute approximate surface area is 89.8 Å². The van der Waals surface area contributed by atoms with Gasteiger partial charge in [-0.25, -0.2) is 0 Å². The Morgan fingerprint density at radius 3 is 2.87 bits per heavy atom. The molecule has 0 spiro atoms. The zero-order chi connectivity index (χ0) is 11.1. The zero-order valence-electron chi connectivity index (χ0n) is 9.07. The molecule has 1 unspecified atom stereocenters.